The molecule has 3 rings (SSSR count). The number of nitrogens with zero attached hydrogens (tertiary/aromatic N) is 3. The molecule has 1 unspecified atom stereocenters. The van der Waals surface area contributed by atoms with Crippen LogP contribution in [-0.2, 0) is 14.4 Å². The molecule has 1 atom stereocenters. The van der Waals surface area contributed by atoms with Gasteiger partial charge in [-0.05, 0) is 42.9 Å². The predicted molar refractivity (Wildman–Crippen MR) is 119 cm³/mol. The number of hydrogen-bond acceptors (Lipinski definition) is 7. The third-order valence-corrected chi connectivity index (χ3v) is 5.48. The Morgan fingerprint density at radius 3 is 2.47 bits per heavy atom. The zero-order valence-electron chi connectivity index (χ0n) is 18.4. The number of pyridine rings is 1. The molecular formula is C24H27N3O5. The van der Waals surface area contributed by atoms with E-state index in [-0.39, 0.29) is 11.3 Å². The van der Waals surface area contributed by atoms with Gasteiger partial charge in [0.1, 0.15) is 11.5 Å². The number of carbonyl (C=O) groups is 3. The van der Waals surface area contributed by atoms with E-state index in [1.54, 1.807) is 36.4 Å². The Bertz CT molecular complexity index is 1030. The van der Waals surface area contributed by atoms with Crippen LogP contribution in [0.2, 0.25) is 0 Å². The maximum atomic E-state index is 13.0. The van der Waals surface area contributed by atoms with Gasteiger partial charge in [-0.2, -0.15) is 0 Å². The van der Waals surface area contributed by atoms with Crippen molar-refractivity contribution in [2.75, 3.05) is 26.2 Å². The first-order valence-electron chi connectivity index (χ1n) is 10.6. The Labute approximate surface area is 187 Å². The second-order valence-corrected chi connectivity index (χ2v) is 7.42. The summed E-state index contributed by atoms with van der Waals surface area (Å²) in [7, 11) is 0. The number of esters is 1. The lowest BCUT2D eigenvalue weighted by molar-refractivity contribution is -0.140. The Hall–Kier alpha value is -3.52. The van der Waals surface area contributed by atoms with E-state index < -0.39 is 23.7 Å². The molecule has 2 heterocycles. The van der Waals surface area contributed by atoms with Gasteiger partial charge in [0.05, 0.1) is 11.6 Å². The van der Waals surface area contributed by atoms with Gasteiger partial charge in [0, 0.05) is 38.0 Å². The summed E-state index contributed by atoms with van der Waals surface area (Å²) in [6.45, 7) is 7.86. The van der Waals surface area contributed by atoms with E-state index in [4.69, 9.17) is 4.74 Å². The first kappa shape index (κ1) is 23.1. The fourth-order valence-corrected chi connectivity index (χ4v) is 3.83. The minimum atomic E-state index is -0.811. The van der Waals surface area contributed by atoms with Crippen molar-refractivity contribution in [3.05, 3.63) is 65.5 Å². The number of aliphatic hydroxyl groups excluding tert-OH is 1. The lowest BCUT2D eigenvalue weighted by atomic mass is 9.95. The first-order valence-corrected chi connectivity index (χ1v) is 10.6. The number of hydrogen-bond donors (Lipinski definition) is 1. The predicted octanol–water partition coefficient (Wildman–Crippen LogP) is 2.77. The minimum absolute atomic E-state index is 0.000668. The maximum Gasteiger partial charge on any atom is 0.308 e. The molecule has 0 saturated carbocycles. The van der Waals surface area contributed by atoms with Crippen LogP contribution in [-0.4, -0.2) is 63.7 Å². The number of benzene rings is 1. The van der Waals surface area contributed by atoms with E-state index in [0.29, 0.717) is 30.0 Å². The van der Waals surface area contributed by atoms with Crippen LogP contribution in [0.25, 0.3) is 5.76 Å². The van der Waals surface area contributed by atoms with E-state index in [9.17, 15) is 19.5 Å². The molecule has 168 valence electrons. The highest BCUT2D eigenvalue weighted by Crippen LogP contribution is 2.40. The van der Waals surface area contributed by atoms with Crippen LogP contribution in [0.3, 0.4) is 0 Å². The van der Waals surface area contributed by atoms with E-state index in [1.807, 2.05) is 13.8 Å². The second-order valence-electron chi connectivity index (χ2n) is 7.42. The highest BCUT2D eigenvalue weighted by atomic mass is 16.5. The number of ketones is 1. The van der Waals surface area contributed by atoms with Crippen molar-refractivity contribution < 1.29 is 24.2 Å². The lowest BCUT2D eigenvalue weighted by Crippen LogP contribution is -2.38. The summed E-state index contributed by atoms with van der Waals surface area (Å²) in [4.78, 5) is 45.0. The van der Waals surface area contributed by atoms with Gasteiger partial charge >= 0.3 is 5.97 Å². The van der Waals surface area contributed by atoms with Crippen LogP contribution < -0.4 is 4.74 Å². The van der Waals surface area contributed by atoms with Crippen molar-refractivity contribution in [3.8, 4) is 5.75 Å². The Kier molecular flexibility index (Phi) is 7.37. The molecule has 1 amide bonds. The number of ether oxygens (including phenoxy) is 1. The molecule has 0 spiro atoms. The second kappa shape index (κ2) is 10.2. The van der Waals surface area contributed by atoms with Crippen LogP contribution in [0.15, 0.2) is 54.4 Å². The summed E-state index contributed by atoms with van der Waals surface area (Å²) in [6, 6.07) is 9.00. The van der Waals surface area contributed by atoms with Gasteiger partial charge in [0.2, 0.25) is 0 Å². The van der Waals surface area contributed by atoms with E-state index in [1.165, 1.54) is 24.2 Å². The summed E-state index contributed by atoms with van der Waals surface area (Å²) < 4.78 is 5.19. The molecule has 8 nitrogen and oxygen atoms in total. The van der Waals surface area contributed by atoms with E-state index in [0.717, 1.165) is 13.1 Å². The fourth-order valence-electron chi connectivity index (χ4n) is 3.83. The van der Waals surface area contributed by atoms with Crippen molar-refractivity contribution >= 4 is 23.4 Å². The summed E-state index contributed by atoms with van der Waals surface area (Å²) in [5, 5.41) is 11.0. The van der Waals surface area contributed by atoms with Gasteiger partial charge in [-0.15, -0.1) is 0 Å². The molecule has 1 aromatic heterocycles. The van der Waals surface area contributed by atoms with Gasteiger partial charge in [-0.3, -0.25) is 19.4 Å². The zero-order valence-corrected chi connectivity index (χ0v) is 18.4. The maximum absolute atomic E-state index is 13.0. The molecule has 1 fully saturated rings. The third kappa shape index (κ3) is 4.86. The molecule has 32 heavy (non-hydrogen) atoms. The Morgan fingerprint density at radius 2 is 1.84 bits per heavy atom. The molecule has 8 heteroatoms. The largest absolute Gasteiger partial charge is 0.507 e. The highest BCUT2D eigenvalue weighted by Gasteiger charge is 2.46. The molecule has 2 aromatic rings. The third-order valence-electron chi connectivity index (χ3n) is 5.48. The molecule has 1 aromatic carbocycles. The molecule has 0 bridgehead atoms. The van der Waals surface area contributed by atoms with Gasteiger partial charge in [0.25, 0.3) is 11.7 Å². The van der Waals surface area contributed by atoms with Gasteiger partial charge in [0.15, 0.2) is 0 Å². The van der Waals surface area contributed by atoms with E-state index >= 15 is 0 Å². The lowest BCUT2D eigenvalue weighted by Gasteiger charge is -2.28. The van der Waals surface area contributed by atoms with Crippen molar-refractivity contribution in [2.45, 2.75) is 26.8 Å². The van der Waals surface area contributed by atoms with Crippen molar-refractivity contribution in [3.63, 3.8) is 0 Å². The number of likely N-dealkylation sites (tertiary alicyclic amines) is 1. The average molecular weight is 437 g/mol. The number of Topliss-reactive ketones (excluding diaryl/α,β-unsaturated/α-hetero) is 1. The number of likely N-dealkylation sites (N-methyl/N-ethyl adjacent to an activating group) is 1. The van der Waals surface area contributed by atoms with Crippen LogP contribution in [0.5, 0.6) is 5.75 Å². The van der Waals surface area contributed by atoms with Gasteiger partial charge < -0.3 is 19.6 Å². The molecule has 0 aliphatic carbocycles. The molecule has 1 aliphatic heterocycles. The average Bonchev–Trinajstić information content (AvgIpc) is 3.04. The van der Waals surface area contributed by atoms with Crippen LogP contribution >= 0.6 is 0 Å². The van der Waals surface area contributed by atoms with Crippen LogP contribution in [0, 0.1) is 0 Å². The molecular weight excluding hydrogens is 410 g/mol. The quantitative estimate of drug-likeness (QED) is 0.223. The smallest absolute Gasteiger partial charge is 0.308 e. The van der Waals surface area contributed by atoms with Gasteiger partial charge in [-0.25, -0.2) is 0 Å². The standard InChI is InChI=1S/C24H27N3O5/c1-4-26(5-2)13-14-27-21(18-7-6-8-19(15-18)32-16(3)28)20(23(30)24(27)31)22(29)17-9-11-25-12-10-17/h6-12,15,21,29H,4-5,13-14H2,1-3H3/b22-20-. The minimum Gasteiger partial charge on any atom is -0.507 e. The van der Waals surface area contributed by atoms with E-state index in [2.05, 4.69) is 9.88 Å². The van der Waals surface area contributed by atoms with Crippen LogP contribution in [0.4, 0.5) is 0 Å². The highest BCUT2D eigenvalue weighted by molar-refractivity contribution is 6.46. The summed E-state index contributed by atoms with van der Waals surface area (Å²) in [5.41, 5.74) is 0.960. The van der Waals surface area contributed by atoms with Crippen molar-refractivity contribution in [1.82, 2.24) is 14.8 Å². The molecule has 0 radical (unpaired) electrons. The molecule has 1 saturated heterocycles. The number of aromatic nitrogens is 1. The first-order chi connectivity index (χ1) is 15.4. The number of rotatable bonds is 8. The zero-order chi connectivity index (χ0) is 23.3. The normalized spacial score (nSPS) is 17.8. The van der Waals surface area contributed by atoms with Crippen molar-refractivity contribution in [2.24, 2.45) is 0 Å². The topological polar surface area (TPSA) is 100 Å². The number of carbonyl (C=O) groups excluding carboxylic acids is 3. The molecule has 1 N–H and O–H groups in total. The summed E-state index contributed by atoms with van der Waals surface area (Å²) in [6.07, 6.45) is 3.00. The SMILES string of the molecule is CCN(CC)CCN1C(=O)C(=O)/C(=C(\O)c2ccncc2)C1c1cccc(OC(C)=O)c1. The summed E-state index contributed by atoms with van der Waals surface area (Å²) in [5.74, 6) is -1.86. The molecule has 1 aliphatic rings. The fraction of sp³-hybridized carbons (Fsp3) is 0.333. The van der Waals surface area contributed by atoms with Gasteiger partial charge in [-0.1, -0.05) is 26.0 Å². The summed E-state index contributed by atoms with van der Waals surface area (Å²) >= 11 is 0. The Morgan fingerprint density at radius 1 is 1.16 bits per heavy atom. The Balaban J connectivity index is 2.10. The number of amides is 1. The monoisotopic (exact) mass is 437 g/mol. The van der Waals surface area contributed by atoms with Crippen LogP contribution in [0.1, 0.15) is 37.9 Å². The van der Waals surface area contributed by atoms with Crippen molar-refractivity contribution in [1.29, 1.82) is 0 Å². The number of aliphatic hydroxyl groups is 1.